The molecular weight excluding hydrogens is 386 g/mol. The number of halogens is 1. The minimum absolute atomic E-state index is 0.0634. The number of hydrogen-bond donors (Lipinski definition) is 1. The van der Waals surface area contributed by atoms with Crippen molar-refractivity contribution >= 4 is 31.9 Å². The van der Waals surface area contributed by atoms with Crippen molar-refractivity contribution in [3.05, 3.63) is 51.4 Å². The molecule has 23 heavy (non-hydrogen) atoms. The van der Waals surface area contributed by atoms with E-state index in [2.05, 4.69) is 25.4 Å². The van der Waals surface area contributed by atoms with Crippen molar-refractivity contribution in [2.24, 2.45) is 0 Å². The fourth-order valence-electron chi connectivity index (χ4n) is 2.05. The van der Waals surface area contributed by atoms with Gasteiger partial charge in [-0.2, -0.15) is 0 Å². The minimum atomic E-state index is -3.70. The topological polar surface area (TPSA) is 85.6 Å². The van der Waals surface area contributed by atoms with Crippen LogP contribution < -0.4 is 4.72 Å². The predicted octanol–water partition coefficient (Wildman–Crippen LogP) is 2.92. The van der Waals surface area contributed by atoms with Gasteiger partial charge in [0.15, 0.2) is 0 Å². The molecule has 124 valence electrons. The molecule has 0 aliphatic heterocycles. The molecule has 0 aliphatic rings. The highest BCUT2D eigenvalue weighted by atomic mass is 79.9. The van der Waals surface area contributed by atoms with Gasteiger partial charge in [-0.15, -0.1) is 0 Å². The maximum absolute atomic E-state index is 12.4. The quantitative estimate of drug-likeness (QED) is 0.778. The van der Waals surface area contributed by atoms with Crippen LogP contribution in [-0.2, 0) is 21.3 Å². The van der Waals surface area contributed by atoms with Crippen molar-refractivity contribution in [3.63, 3.8) is 0 Å². The molecule has 0 bridgehead atoms. The predicted molar refractivity (Wildman–Crippen MR) is 87.7 cm³/mol. The van der Waals surface area contributed by atoms with Crippen LogP contribution in [0.2, 0.25) is 0 Å². The van der Waals surface area contributed by atoms with Crippen molar-refractivity contribution < 1.29 is 22.4 Å². The van der Waals surface area contributed by atoms with Crippen molar-refractivity contribution in [2.75, 3.05) is 7.11 Å². The highest BCUT2D eigenvalue weighted by Crippen LogP contribution is 2.21. The van der Waals surface area contributed by atoms with Crippen LogP contribution in [0.4, 0.5) is 0 Å². The lowest BCUT2D eigenvalue weighted by atomic mass is 10.2. The van der Waals surface area contributed by atoms with Gasteiger partial charge in [0.25, 0.3) is 0 Å². The molecule has 1 heterocycles. The number of furan rings is 1. The molecule has 0 spiro atoms. The third-order valence-corrected chi connectivity index (χ3v) is 5.29. The van der Waals surface area contributed by atoms with E-state index >= 15 is 0 Å². The van der Waals surface area contributed by atoms with Crippen LogP contribution in [-0.4, -0.2) is 21.5 Å². The molecule has 6 nitrogen and oxygen atoms in total. The molecule has 2 aromatic rings. The zero-order chi connectivity index (χ0) is 17.2. The van der Waals surface area contributed by atoms with E-state index in [1.165, 1.54) is 19.2 Å². The lowest BCUT2D eigenvalue weighted by molar-refractivity contribution is 0.0599. The summed E-state index contributed by atoms with van der Waals surface area (Å²) in [4.78, 5) is 11.7. The Morgan fingerprint density at radius 3 is 2.65 bits per heavy atom. The van der Waals surface area contributed by atoms with Crippen LogP contribution in [0, 0.1) is 13.8 Å². The molecular formula is C15H16BrNO5S. The molecule has 0 atom stereocenters. The number of carbonyl (C=O) groups is 1. The van der Waals surface area contributed by atoms with E-state index in [-0.39, 0.29) is 17.0 Å². The van der Waals surface area contributed by atoms with Gasteiger partial charge in [-0.1, -0.05) is 22.0 Å². The Morgan fingerprint density at radius 1 is 1.30 bits per heavy atom. The average Bonchev–Trinajstić information content (AvgIpc) is 2.88. The van der Waals surface area contributed by atoms with Gasteiger partial charge in [-0.05, 0) is 37.6 Å². The number of rotatable bonds is 5. The molecule has 0 unspecified atom stereocenters. The van der Waals surface area contributed by atoms with E-state index in [0.29, 0.717) is 21.6 Å². The summed E-state index contributed by atoms with van der Waals surface area (Å²) in [5, 5.41) is 0. The summed E-state index contributed by atoms with van der Waals surface area (Å²) < 4.78 is 37.9. The number of benzene rings is 1. The highest BCUT2D eigenvalue weighted by molar-refractivity contribution is 9.10. The van der Waals surface area contributed by atoms with Gasteiger partial charge in [-0.25, -0.2) is 17.9 Å². The van der Waals surface area contributed by atoms with Crippen LogP contribution in [0.1, 0.15) is 27.4 Å². The molecule has 0 aliphatic carbocycles. The van der Waals surface area contributed by atoms with Gasteiger partial charge in [-0.3, -0.25) is 0 Å². The Bertz CT molecular complexity index is 842. The maximum atomic E-state index is 12.4. The first kappa shape index (κ1) is 17.7. The van der Waals surface area contributed by atoms with Gasteiger partial charge in [0.2, 0.25) is 10.0 Å². The summed E-state index contributed by atoms with van der Waals surface area (Å²) >= 11 is 3.26. The van der Waals surface area contributed by atoms with Crippen LogP contribution in [0.15, 0.2) is 38.1 Å². The number of methoxy groups -OCH3 is 1. The second kappa shape index (κ2) is 6.86. The summed E-state index contributed by atoms with van der Waals surface area (Å²) in [5.74, 6) is 0.187. The Balaban J connectivity index is 2.20. The standard InChI is InChI=1S/C15H16BrNO5S/c1-9-4-5-11(16)6-14(9)23(19,20)17-8-12-7-13(10(2)22-12)15(18)21-3/h4-7,17H,8H2,1-3H3. The number of sulfonamides is 1. The Morgan fingerprint density at radius 2 is 2.00 bits per heavy atom. The molecule has 0 radical (unpaired) electrons. The van der Waals surface area contributed by atoms with Crippen LogP contribution in [0.25, 0.3) is 0 Å². The highest BCUT2D eigenvalue weighted by Gasteiger charge is 2.20. The molecule has 8 heteroatoms. The number of esters is 1. The van der Waals surface area contributed by atoms with E-state index in [1.807, 2.05) is 0 Å². The van der Waals surface area contributed by atoms with E-state index in [0.717, 1.165) is 0 Å². The molecule has 1 N–H and O–H groups in total. The SMILES string of the molecule is COC(=O)c1cc(CNS(=O)(=O)c2cc(Br)ccc2C)oc1C. The molecule has 1 aromatic heterocycles. The largest absolute Gasteiger partial charge is 0.465 e. The third kappa shape index (κ3) is 4.01. The molecule has 1 aromatic carbocycles. The number of carbonyl (C=O) groups excluding carboxylic acids is 1. The molecule has 0 saturated heterocycles. The van der Waals surface area contributed by atoms with Crippen molar-refractivity contribution in [3.8, 4) is 0 Å². The Kier molecular flexibility index (Phi) is 5.28. The molecule has 2 rings (SSSR count). The second-order valence-corrected chi connectivity index (χ2v) is 7.56. The van der Waals surface area contributed by atoms with Gasteiger partial charge in [0.05, 0.1) is 18.6 Å². The number of hydrogen-bond acceptors (Lipinski definition) is 5. The fraction of sp³-hybridized carbons (Fsp3) is 0.267. The summed E-state index contributed by atoms with van der Waals surface area (Å²) in [6, 6.07) is 6.49. The van der Waals surface area contributed by atoms with Gasteiger partial charge in [0.1, 0.15) is 17.1 Å². The van der Waals surface area contributed by atoms with E-state index in [1.54, 1.807) is 26.0 Å². The van der Waals surface area contributed by atoms with E-state index < -0.39 is 16.0 Å². The smallest absolute Gasteiger partial charge is 0.341 e. The lowest BCUT2D eigenvalue weighted by Gasteiger charge is -2.08. The second-order valence-electron chi connectivity index (χ2n) is 4.91. The van der Waals surface area contributed by atoms with E-state index in [4.69, 9.17) is 4.42 Å². The molecule has 0 amide bonds. The number of ether oxygens (including phenoxy) is 1. The van der Waals surface area contributed by atoms with Crippen molar-refractivity contribution in [1.29, 1.82) is 0 Å². The molecule has 0 fully saturated rings. The summed E-state index contributed by atoms with van der Waals surface area (Å²) in [6.45, 7) is 3.27. The first-order chi connectivity index (χ1) is 10.7. The first-order valence-corrected chi connectivity index (χ1v) is 8.95. The summed E-state index contributed by atoms with van der Waals surface area (Å²) in [7, 11) is -2.43. The average molecular weight is 402 g/mol. The molecule has 0 saturated carbocycles. The van der Waals surface area contributed by atoms with Gasteiger partial charge < -0.3 is 9.15 Å². The summed E-state index contributed by atoms with van der Waals surface area (Å²) in [6.07, 6.45) is 0. The van der Waals surface area contributed by atoms with Crippen LogP contribution >= 0.6 is 15.9 Å². The van der Waals surface area contributed by atoms with Gasteiger partial charge >= 0.3 is 5.97 Å². The lowest BCUT2D eigenvalue weighted by Crippen LogP contribution is -2.23. The van der Waals surface area contributed by atoms with Crippen LogP contribution in [0.5, 0.6) is 0 Å². The van der Waals surface area contributed by atoms with Crippen molar-refractivity contribution in [2.45, 2.75) is 25.3 Å². The first-order valence-electron chi connectivity index (χ1n) is 6.68. The zero-order valence-electron chi connectivity index (χ0n) is 12.8. The number of nitrogens with one attached hydrogen (secondary N) is 1. The zero-order valence-corrected chi connectivity index (χ0v) is 15.2. The van der Waals surface area contributed by atoms with Crippen LogP contribution in [0.3, 0.4) is 0 Å². The minimum Gasteiger partial charge on any atom is -0.465 e. The van der Waals surface area contributed by atoms with E-state index in [9.17, 15) is 13.2 Å². The van der Waals surface area contributed by atoms with Gasteiger partial charge in [0, 0.05) is 4.47 Å². The Labute approximate surface area is 143 Å². The monoisotopic (exact) mass is 401 g/mol. The third-order valence-electron chi connectivity index (χ3n) is 3.25. The maximum Gasteiger partial charge on any atom is 0.341 e. The summed E-state index contributed by atoms with van der Waals surface area (Å²) in [5.41, 5.74) is 0.909. The van der Waals surface area contributed by atoms with Crippen molar-refractivity contribution in [1.82, 2.24) is 4.72 Å². The Hall–Kier alpha value is -1.64. The normalized spacial score (nSPS) is 11.5. The fourth-order valence-corrected chi connectivity index (χ4v) is 3.83. The number of aryl methyl sites for hydroxylation is 2.